The van der Waals surface area contributed by atoms with Crippen LogP contribution in [0.5, 0.6) is 0 Å². The van der Waals surface area contributed by atoms with E-state index in [1.807, 2.05) is 0 Å². The molecule has 2 N–H and O–H groups in total. The summed E-state index contributed by atoms with van der Waals surface area (Å²) in [5.41, 5.74) is 0. The molecule has 0 aromatic carbocycles. The van der Waals surface area contributed by atoms with Crippen LogP contribution in [-0.2, 0) is 28.5 Å². The van der Waals surface area contributed by atoms with Gasteiger partial charge in [-0.15, -0.1) is 0 Å². The maximum atomic E-state index is 13.3. The van der Waals surface area contributed by atoms with Crippen molar-refractivity contribution in [2.45, 2.75) is 26.4 Å². The van der Waals surface area contributed by atoms with Crippen molar-refractivity contribution < 1.29 is 38.0 Å². The Morgan fingerprint density at radius 1 is 0.880 bits per heavy atom. The number of carbonyl (C=O) groups excluding carboxylic acids is 1. The Morgan fingerprint density at radius 3 is 1.76 bits per heavy atom. The van der Waals surface area contributed by atoms with Gasteiger partial charge in [0.25, 0.3) is 5.91 Å². The van der Waals surface area contributed by atoms with Gasteiger partial charge >= 0.3 is 5.97 Å². The van der Waals surface area contributed by atoms with Crippen LogP contribution >= 0.6 is 0 Å². The third-order valence-electron chi connectivity index (χ3n) is 2.96. The Morgan fingerprint density at radius 2 is 1.32 bits per heavy atom. The number of rotatable bonds is 17. The van der Waals surface area contributed by atoms with Gasteiger partial charge in [-0.05, 0) is 5.92 Å². The minimum absolute atomic E-state index is 0.0150. The second kappa shape index (κ2) is 16.2. The van der Waals surface area contributed by atoms with E-state index in [0.717, 1.165) is 0 Å². The summed E-state index contributed by atoms with van der Waals surface area (Å²) in [6, 6.07) is 0. The van der Waals surface area contributed by atoms with Gasteiger partial charge in [0.2, 0.25) is 0 Å². The topological polar surface area (TPSA) is 103 Å². The Bertz CT molecular complexity index is 355. The molecule has 0 bridgehead atoms. The van der Waals surface area contributed by atoms with Crippen molar-refractivity contribution >= 4 is 11.9 Å². The second-order valence-electron chi connectivity index (χ2n) is 5.53. The van der Waals surface area contributed by atoms with E-state index < -0.39 is 18.0 Å². The number of ether oxygens (including phenoxy) is 4. The summed E-state index contributed by atoms with van der Waals surface area (Å²) in [6.07, 6.45) is -1.51. The van der Waals surface area contributed by atoms with Crippen molar-refractivity contribution in [1.29, 1.82) is 0 Å². The molecule has 0 saturated carbocycles. The molecular weight excluding hydrogens is 337 g/mol. The second-order valence-corrected chi connectivity index (χ2v) is 5.53. The van der Waals surface area contributed by atoms with E-state index in [2.05, 4.69) is 5.32 Å². The van der Waals surface area contributed by atoms with Crippen molar-refractivity contribution in [1.82, 2.24) is 5.32 Å². The highest BCUT2D eigenvalue weighted by atomic mass is 19.1. The van der Waals surface area contributed by atoms with E-state index in [0.29, 0.717) is 46.2 Å². The predicted molar refractivity (Wildman–Crippen MR) is 88.3 cm³/mol. The van der Waals surface area contributed by atoms with E-state index in [4.69, 9.17) is 24.1 Å². The molecule has 148 valence electrons. The fourth-order valence-corrected chi connectivity index (χ4v) is 1.57. The number of carbonyl (C=O) groups is 2. The number of hydrogen-bond donors (Lipinski definition) is 2. The summed E-state index contributed by atoms with van der Waals surface area (Å²) in [7, 11) is 0. The van der Waals surface area contributed by atoms with Crippen molar-refractivity contribution in [3.05, 3.63) is 0 Å². The number of halogens is 1. The van der Waals surface area contributed by atoms with Crippen LogP contribution in [0.25, 0.3) is 0 Å². The summed E-state index contributed by atoms with van der Waals surface area (Å²) < 4.78 is 34.1. The highest BCUT2D eigenvalue weighted by molar-refractivity contribution is 5.80. The number of carboxylic acid groups (broad SMARTS) is 1. The zero-order chi connectivity index (χ0) is 18.9. The minimum atomic E-state index is -1.49. The van der Waals surface area contributed by atoms with Crippen molar-refractivity contribution in [2.75, 3.05) is 59.4 Å². The summed E-state index contributed by atoms with van der Waals surface area (Å²) in [4.78, 5) is 21.5. The van der Waals surface area contributed by atoms with Crippen LogP contribution in [0.2, 0.25) is 0 Å². The molecule has 1 atom stereocenters. The van der Waals surface area contributed by atoms with E-state index in [-0.39, 0.29) is 25.5 Å². The molecule has 8 nitrogen and oxygen atoms in total. The molecule has 0 aliphatic heterocycles. The molecule has 1 amide bonds. The molecule has 0 aliphatic rings. The lowest BCUT2D eigenvalue weighted by atomic mass is 10.1. The molecule has 0 aromatic heterocycles. The molecule has 0 fully saturated rings. The SMILES string of the molecule is CC(C)C(F)C(=O)NCCOCCOCCOCCOCCC(=O)O. The lowest BCUT2D eigenvalue weighted by Crippen LogP contribution is -2.36. The fraction of sp³-hybridized carbons (Fsp3) is 0.875. The first-order valence-corrected chi connectivity index (χ1v) is 8.39. The molecule has 0 rings (SSSR count). The van der Waals surface area contributed by atoms with Gasteiger partial charge in [-0.3, -0.25) is 9.59 Å². The van der Waals surface area contributed by atoms with Gasteiger partial charge < -0.3 is 29.4 Å². The van der Waals surface area contributed by atoms with Crippen LogP contribution in [0.1, 0.15) is 20.3 Å². The van der Waals surface area contributed by atoms with Gasteiger partial charge in [-0.2, -0.15) is 0 Å². The van der Waals surface area contributed by atoms with Crippen LogP contribution in [0.4, 0.5) is 4.39 Å². The molecule has 0 spiro atoms. The minimum Gasteiger partial charge on any atom is -0.481 e. The quantitative estimate of drug-likeness (QED) is 0.364. The van der Waals surface area contributed by atoms with Crippen molar-refractivity contribution in [3.8, 4) is 0 Å². The molecule has 0 radical (unpaired) electrons. The maximum absolute atomic E-state index is 13.3. The third kappa shape index (κ3) is 16.0. The summed E-state index contributed by atoms with van der Waals surface area (Å²) in [6.45, 7) is 6.34. The molecular formula is C16H30FNO7. The summed E-state index contributed by atoms with van der Waals surface area (Å²) in [5.74, 6) is -1.84. The van der Waals surface area contributed by atoms with Crippen LogP contribution < -0.4 is 5.32 Å². The first kappa shape index (κ1) is 23.7. The first-order chi connectivity index (χ1) is 11.9. The van der Waals surface area contributed by atoms with E-state index >= 15 is 0 Å². The average Bonchev–Trinajstić information content (AvgIpc) is 2.56. The summed E-state index contributed by atoms with van der Waals surface area (Å²) in [5, 5.41) is 10.9. The number of alkyl halides is 1. The Labute approximate surface area is 148 Å². The first-order valence-electron chi connectivity index (χ1n) is 8.39. The Balaban J connectivity index is 3.19. The van der Waals surface area contributed by atoms with E-state index in [9.17, 15) is 14.0 Å². The molecule has 1 unspecified atom stereocenters. The molecule has 0 saturated heterocycles. The van der Waals surface area contributed by atoms with Crippen molar-refractivity contribution in [2.24, 2.45) is 5.92 Å². The van der Waals surface area contributed by atoms with Crippen LogP contribution in [-0.4, -0.2) is 82.6 Å². The van der Waals surface area contributed by atoms with E-state index in [1.165, 1.54) is 0 Å². The number of carboxylic acids is 1. The number of aliphatic carboxylic acids is 1. The largest absolute Gasteiger partial charge is 0.481 e. The maximum Gasteiger partial charge on any atom is 0.305 e. The smallest absolute Gasteiger partial charge is 0.305 e. The highest BCUT2D eigenvalue weighted by Gasteiger charge is 2.20. The molecule has 0 aliphatic carbocycles. The van der Waals surface area contributed by atoms with Gasteiger partial charge in [0.1, 0.15) is 0 Å². The number of amides is 1. The van der Waals surface area contributed by atoms with Gasteiger partial charge in [0.05, 0.1) is 59.3 Å². The zero-order valence-electron chi connectivity index (χ0n) is 15.0. The van der Waals surface area contributed by atoms with Crippen LogP contribution in [0.15, 0.2) is 0 Å². The van der Waals surface area contributed by atoms with Gasteiger partial charge in [-0.1, -0.05) is 13.8 Å². The molecule has 9 heteroatoms. The van der Waals surface area contributed by atoms with Crippen LogP contribution in [0, 0.1) is 5.92 Å². The standard InChI is InChI=1S/C16H30FNO7/c1-13(2)15(17)16(21)18-4-6-23-8-10-25-12-11-24-9-7-22-5-3-14(19)20/h13,15H,3-12H2,1-2H3,(H,18,21)(H,19,20). The Hall–Kier alpha value is -1.29. The number of hydrogen-bond acceptors (Lipinski definition) is 6. The molecule has 25 heavy (non-hydrogen) atoms. The highest BCUT2D eigenvalue weighted by Crippen LogP contribution is 2.05. The normalized spacial score (nSPS) is 12.3. The Kier molecular flexibility index (Phi) is 15.4. The van der Waals surface area contributed by atoms with Gasteiger partial charge in [0, 0.05) is 6.54 Å². The van der Waals surface area contributed by atoms with Crippen molar-refractivity contribution in [3.63, 3.8) is 0 Å². The molecule has 0 heterocycles. The average molecular weight is 367 g/mol. The van der Waals surface area contributed by atoms with E-state index in [1.54, 1.807) is 13.8 Å². The van der Waals surface area contributed by atoms with Gasteiger partial charge in [-0.25, -0.2) is 4.39 Å². The molecule has 0 aromatic rings. The lowest BCUT2D eigenvalue weighted by molar-refractivity contribution is -0.138. The predicted octanol–water partition coefficient (Wildman–Crippen LogP) is 0.638. The monoisotopic (exact) mass is 367 g/mol. The number of nitrogens with one attached hydrogen (secondary N) is 1. The lowest BCUT2D eigenvalue weighted by Gasteiger charge is -2.12. The van der Waals surface area contributed by atoms with Gasteiger partial charge in [0.15, 0.2) is 6.17 Å². The zero-order valence-corrected chi connectivity index (χ0v) is 15.0. The fourth-order valence-electron chi connectivity index (χ4n) is 1.57. The summed E-state index contributed by atoms with van der Waals surface area (Å²) >= 11 is 0. The van der Waals surface area contributed by atoms with Crippen LogP contribution in [0.3, 0.4) is 0 Å². The third-order valence-corrected chi connectivity index (χ3v) is 2.96.